The second kappa shape index (κ2) is 5.44. The zero-order valence-electron chi connectivity index (χ0n) is 10.3. The molecule has 1 unspecified atom stereocenters. The van der Waals surface area contributed by atoms with Crippen LogP contribution in [0.1, 0.15) is 24.4 Å². The second-order valence-electron chi connectivity index (χ2n) is 4.28. The molecule has 0 aliphatic heterocycles. The van der Waals surface area contributed by atoms with E-state index in [0.717, 1.165) is 0 Å². The maximum absolute atomic E-state index is 11.9. The van der Waals surface area contributed by atoms with Gasteiger partial charge in [-0.3, -0.25) is 4.79 Å². The lowest BCUT2D eigenvalue weighted by molar-refractivity contribution is 0.0880. The average molecular weight is 249 g/mol. The number of hydrogen-bond donors (Lipinski definition) is 1. The summed E-state index contributed by atoms with van der Waals surface area (Å²) >= 11 is 0. The van der Waals surface area contributed by atoms with Crippen LogP contribution in [0.15, 0.2) is 29.2 Å². The van der Waals surface area contributed by atoms with E-state index in [2.05, 4.69) is 20.7 Å². The molecule has 2 heterocycles. The van der Waals surface area contributed by atoms with Crippen LogP contribution in [-0.2, 0) is 6.54 Å². The van der Waals surface area contributed by atoms with Crippen molar-refractivity contribution in [3.05, 3.63) is 30.4 Å². The molecule has 0 saturated heterocycles. The molecule has 1 amide bonds. The zero-order valence-corrected chi connectivity index (χ0v) is 10.3. The molecule has 1 N–H and O–H groups in total. The number of carbonyl (C=O) groups is 1. The summed E-state index contributed by atoms with van der Waals surface area (Å²) in [4.78, 5) is 13.4. The first kappa shape index (κ1) is 12.3. The molecular formula is C11H15N5O2. The first-order valence-corrected chi connectivity index (χ1v) is 5.72. The zero-order chi connectivity index (χ0) is 13.0. The molecule has 0 aromatic carbocycles. The van der Waals surface area contributed by atoms with E-state index in [1.807, 2.05) is 13.8 Å². The van der Waals surface area contributed by atoms with Gasteiger partial charge in [0, 0.05) is 6.07 Å². The third-order valence-electron chi connectivity index (χ3n) is 2.61. The van der Waals surface area contributed by atoms with Crippen LogP contribution < -0.4 is 5.32 Å². The number of rotatable bonds is 5. The van der Waals surface area contributed by atoms with E-state index in [1.54, 1.807) is 17.2 Å². The molecule has 0 saturated carbocycles. The third-order valence-corrected chi connectivity index (χ3v) is 2.61. The number of nitrogens with zero attached hydrogens (tertiary/aromatic N) is 4. The minimum atomic E-state index is -0.279. The van der Waals surface area contributed by atoms with Gasteiger partial charge in [-0.25, -0.2) is 0 Å². The van der Waals surface area contributed by atoms with Crippen molar-refractivity contribution < 1.29 is 9.32 Å². The van der Waals surface area contributed by atoms with Crippen molar-refractivity contribution in [3.63, 3.8) is 0 Å². The highest BCUT2D eigenvalue weighted by Crippen LogP contribution is 2.06. The van der Waals surface area contributed by atoms with Gasteiger partial charge in [0.15, 0.2) is 0 Å². The molecule has 0 bridgehead atoms. The topological polar surface area (TPSA) is 85.8 Å². The normalized spacial score (nSPS) is 12.6. The monoisotopic (exact) mass is 249 g/mol. The molecular weight excluding hydrogens is 234 g/mol. The summed E-state index contributed by atoms with van der Waals surface area (Å²) in [6.45, 7) is 4.56. The molecule has 0 aliphatic rings. The number of aromatic nitrogens is 4. The highest BCUT2D eigenvalue weighted by atomic mass is 16.5. The van der Waals surface area contributed by atoms with Gasteiger partial charge in [0.2, 0.25) is 5.76 Å². The van der Waals surface area contributed by atoms with Gasteiger partial charge in [-0.2, -0.15) is 15.0 Å². The van der Waals surface area contributed by atoms with Gasteiger partial charge in [0.1, 0.15) is 0 Å². The van der Waals surface area contributed by atoms with E-state index in [1.165, 1.54) is 12.3 Å². The molecule has 1 atom stereocenters. The van der Waals surface area contributed by atoms with E-state index < -0.39 is 0 Å². The summed E-state index contributed by atoms with van der Waals surface area (Å²) in [7, 11) is 0. The second-order valence-corrected chi connectivity index (χ2v) is 4.28. The van der Waals surface area contributed by atoms with Crippen LogP contribution in [-0.4, -0.2) is 32.1 Å². The van der Waals surface area contributed by atoms with Gasteiger partial charge < -0.3 is 9.84 Å². The van der Waals surface area contributed by atoms with E-state index in [9.17, 15) is 4.79 Å². The maximum atomic E-state index is 11.9. The summed E-state index contributed by atoms with van der Waals surface area (Å²) in [5.41, 5.74) is 0. The Morgan fingerprint density at radius 2 is 2.11 bits per heavy atom. The summed E-state index contributed by atoms with van der Waals surface area (Å²) < 4.78 is 4.81. The Balaban J connectivity index is 2.00. The Hall–Kier alpha value is -2.18. The maximum Gasteiger partial charge on any atom is 0.290 e. The molecule has 18 heavy (non-hydrogen) atoms. The highest BCUT2D eigenvalue weighted by Gasteiger charge is 2.20. The minimum absolute atomic E-state index is 0.0741. The van der Waals surface area contributed by atoms with Crippen molar-refractivity contribution in [2.75, 3.05) is 0 Å². The number of amides is 1. The van der Waals surface area contributed by atoms with Crippen LogP contribution in [0.25, 0.3) is 0 Å². The SMILES string of the molecule is CC(C)C(Cn1nccn1)NC(=O)c1ccno1. The lowest BCUT2D eigenvalue weighted by atomic mass is 10.0. The molecule has 2 aromatic rings. The molecule has 2 rings (SSSR count). The van der Waals surface area contributed by atoms with Crippen LogP contribution in [0, 0.1) is 5.92 Å². The predicted octanol–water partition coefficient (Wildman–Crippen LogP) is 0.721. The Labute approximate surface area is 104 Å². The Kier molecular flexibility index (Phi) is 3.71. The fourth-order valence-electron chi connectivity index (χ4n) is 1.51. The molecule has 7 heteroatoms. The largest absolute Gasteiger partial charge is 0.351 e. The van der Waals surface area contributed by atoms with Crippen molar-refractivity contribution in [2.45, 2.75) is 26.4 Å². The highest BCUT2D eigenvalue weighted by molar-refractivity contribution is 5.91. The van der Waals surface area contributed by atoms with Gasteiger partial charge in [0.25, 0.3) is 5.91 Å². The Morgan fingerprint density at radius 3 is 2.67 bits per heavy atom. The minimum Gasteiger partial charge on any atom is -0.351 e. The lowest BCUT2D eigenvalue weighted by Gasteiger charge is -2.20. The molecule has 0 spiro atoms. The third kappa shape index (κ3) is 2.93. The van der Waals surface area contributed by atoms with E-state index >= 15 is 0 Å². The Morgan fingerprint density at radius 1 is 1.39 bits per heavy atom. The van der Waals surface area contributed by atoms with Gasteiger partial charge in [-0.05, 0) is 5.92 Å². The lowest BCUT2D eigenvalue weighted by Crippen LogP contribution is -2.41. The number of carbonyl (C=O) groups excluding carboxylic acids is 1. The Bertz CT molecular complexity index is 478. The summed E-state index contributed by atoms with van der Waals surface area (Å²) in [5, 5.41) is 14.4. The summed E-state index contributed by atoms with van der Waals surface area (Å²) in [5.74, 6) is 0.176. The standard InChI is InChI=1S/C11H15N5O2/c1-8(2)9(7-16-12-5-6-13-16)15-11(17)10-3-4-14-18-10/h3-6,8-9H,7H2,1-2H3,(H,15,17). The van der Waals surface area contributed by atoms with Crippen molar-refractivity contribution >= 4 is 5.91 Å². The average Bonchev–Trinajstić information content (AvgIpc) is 3.00. The van der Waals surface area contributed by atoms with Crippen molar-refractivity contribution in [1.29, 1.82) is 0 Å². The van der Waals surface area contributed by atoms with Gasteiger partial charge in [-0.15, -0.1) is 0 Å². The van der Waals surface area contributed by atoms with E-state index in [0.29, 0.717) is 6.54 Å². The number of nitrogens with one attached hydrogen (secondary N) is 1. The fraction of sp³-hybridized carbons (Fsp3) is 0.455. The molecule has 96 valence electrons. The van der Waals surface area contributed by atoms with Crippen LogP contribution in [0.2, 0.25) is 0 Å². The molecule has 7 nitrogen and oxygen atoms in total. The van der Waals surface area contributed by atoms with E-state index in [-0.39, 0.29) is 23.6 Å². The van der Waals surface area contributed by atoms with Crippen molar-refractivity contribution in [3.8, 4) is 0 Å². The number of hydrogen-bond acceptors (Lipinski definition) is 5. The quantitative estimate of drug-likeness (QED) is 0.843. The van der Waals surface area contributed by atoms with Crippen LogP contribution in [0.3, 0.4) is 0 Å². The van der Waals surface area contributed by atoms with Crippen LogP contribution >= 0.6 is 0 Å². The first-order valence-electron chi connectivity index (χ1n) is 5.72. The molecule has 0 fully saturated rings. The summed E-state index contributed by atoms with van der Waals surface area (Å²) in [6, 6.07) is 1.45. The van der Waals surface area contributed by atoms with Gasteiger partial charge in [-0.1, -0.05) is 19.0 Å². The fourth-order valence-corrected chi connectivity index (χ4v) is 1.51. The predicted molar refractivity (Wildman–Crippen MR) is 62.6 cm³/mol. The van der Waals surface area contributed by atoms with Gasteiger partial charge >= 0.3 is 0 Å². The van der Waals surface area contributed by atoms with Crippen LogP contribution in [0.5, 0.6) is 0 Å². The molecule has 0 aliphatic carbocycles. The van der Waals surface area contributed by atoms with Crippen LogP contribution in [0.4, 0.5) is 0 Å². The van der Waals surface area contributed by atoms with Gasteiger partial charge in [0.05, 0.1) is 31.2 Å². The van der Waals surface area contributed by atoms with Crippen molar-refractivity contribution in [1.82, 2.24) is 25.5 Å². The summed E-state index contributed by atoms with van der Waals surface area (Å²) in [6.07, 6.45) is 4.65. The van der Waals surface area contributed by atoms with E-state index in [4.69, 9.17) is 4.52 Å². The molecule has 0 radical (unpaired) electrons. The smallest absolute Gasteiger partial charge is 0.290 e. The van der Waals surface area contributed by atoms with Crippen molar-refractivity contribution in [2.24, 2.45) is 5.92 Å². The first-order chi connectivity index (χ1) is 8.66. The molecule has 2 aromatic heterocycles.